The van der Waals surface area contributed by atoms with Crippen LogP contribution < -0.4 is 0 Å². The standard InChI is InChI=1S/C18H29BrFNO2Si/c1-5-24(6-2,7-3)23-18(4,13-9-10-15(20)14-22)16-11-8-12-17(19)21-16/h8,10-12,22H,5-7,9,13-14H2,1-4H3/b15-10+. The molecule has 0 bridgehead atoms. The number of halogens is 2. The highest BCUT2D eigenvalue weighted by Gasteiger charge is 2.39. The molecule has 0 saturated heterocycles. The van der Waals surface area contributed by atoms with Gasteiger partial charge in [0.1, 0.15) is 10.4 Å². The predicted octanol–water partition coefficient (Wildman–Crippen LogP) is 5.71. The van der Waals surface area contributed by atoms with E-state index in [0.717, 1.165) is 28.4 Å². The number of hydrogen-bond acceptors (Lipinski definition) is 3. The van der Waals surface area contributed by atoms with Crippen molar-refractivity contribution in [1.29, 1.82) is 0 Å². The Kier molecular flexibility index (Phi) is 8.77. The molecule has 1 heterocycles. The highest BCUT2D eigenvalue weighted by Crippen LogP contribution is 2.37. The van der Waals surface area contributed by atoms with E-state index in [9.17, 15) is 4.39 Å². The Hall–Kier alpha value is -0.563. The Morgan fingerprint density at radius 3 is 2.46 bits per heavy atom. The molecule has 0 aliphatic heterocycles. The smallest absolute Gasteiger partial charge is 0.193 e. The number of aromatic nitrogens is 1. The molecule has 1 unspecified atom stereocenters. The molecule has 6 heteroatoms. The van der Waals surface area contributed by atoms with Gasteiger partial charge in [0.25, 0.3) is 0 Å². The predicted molar refractivity (Wildman–Crippen MR) is 103 cm³/mol. The summed E-state index contributed by atoms with van der Waals surface area (Å²) in [6.07, 6.45) is 2.56. The Bertz CT molecular complexity index is 543. The minimum atomic E-state index is -1.86. The number of hydrogen-bond donors (Lipinski definition) is 1. The van der Waals surface area contributed by atoms with Crippen LogP contribution in [-0.4, -0.2) is 25.0 Å². The van der Waals surface area contributed by atoms with E-state index in [1.165, 1.54) is 6.08 Å². The Morgan fingerprint density at radius 2 is 1.96 bits per heavy atom. The van der Waals surface area contributed by atoms with Crippen LogP contribution in [0.1, 0.15) is 46.2 Å². The van der Waals surface area contributed by atoms with Crippen LogP contribution >= 0.6 is 15.9 Å². The second-order valence-corrected chi connectivity index (χ2v) is 11.8. The zero-order valence-electron chi connectivity index (χ0n) is 15.1. The molecule has 0 radical (unpaired) electrons. The lowest BCUT2D eigenvalue weighted by Gasteiger charge is -2.40. The van der Waals surface area contributed by atoms with E-state index in [2.05, 4.69) is 48.6 Å². The second-order valence-electron chi connectivity index (χ2n) is 6.27. The number of pyridine rings is 1. The van der Waals surface area contributed by atoms with Gasteiger partial charge >= 0.3 is 0 Å². The molecule has 1 aromatic rings. The summed E-state index contributed by atoms with van der Waals surface area (Å²) in [5.74, 6) is -0.496. The lowest BCUT2D eigenvalue weighted by atomic mass is 9.95. The molecule has 0 aliphatic rings. The third-order valence-electron chi connectivity index (χ3n) is 4.77. The summed E-state index contributed by atoms with van der Waals surface area (Å²) < 4.78 is 20.8. The fraction of sp³-hybridized carbons (Fsp3) is 0.611. The van der Waals surface area contributed by atoms with Crippen LogP contribution in [-0.2, 0) is 10.0 Å². The van der Waals surface area contributed by atoms with Crippen LogP contribution in [0.15, 0.2) is 34.7 Å². The number of aliphatic hydroxyl groups is 1. The number of nitrogens with zero attached hydrogens (tertiary/aromatic N) is 1. The van der Waals surface area contributed by atoms with E-state index < -0.39 is 26.4 Å². The van der Waals surface area contributed by atoms with E-state index >= 15 is 0 Å². The summed E-state index contributed by atoms with van der Waals surface area (Å²) in [4.78, 5) is 4.60. The fourth-order valence-corrected chi connectivity index (χ4v) is 6.39. The molecular formula is C18H29BrFNO2Si. The van der Waals surface area contributed by atoms with Gasteiger partial charge in [0.05, 0.1) is 17.9 Å². The molecule has 24 heavy (non-hydrogen) atoms. The molecule has 0 spiro atoms. The molecule has 136 valence electrons. The molecule has 0 aliphatic carbocycles. The van der Waals surface area contributed by atoms with Crippen molar-refractivity contribution in [3.63, 3.8) is 0 Å². The number of rotatable bonds is 10. The van der Waals surface area contributed by atoms with Crippen LogP contribution in [0, 0.1) is 0 Å². The first kappa shape index (κ1) is 21.5. The summed E-state index contributed by atoms with van der Waals surface area (Å²) in [6.45, 7) is 8.08. The van der Waals surface area contributed by atoms with Crippen LogP contribution in [0.3, 0.4) is 0 Å². The first-order chi connectivity index (χ1) is 11.3. The maximum absolute atomic E-state index is 13.3. The van der Waals surface area contributed by atoms with Crippen LogP contribution in [0.25, 0.3) is 0 Å². The monoisotopic (exact) mass is 417 g/mol. The van der Waals surface area contributed by atoms with Crippen molar-refractivity contribution < 1.29 is 13.9 Å². The highest BCUT2D eigenvalue weighted by molar-refractivity contribution is 9.10. The van der Waals surface area contributed by atoms with Crippen molar-refractivity contribution in [2.75, 3.05) is 6.61 Å². The second kappa shape index (κ2) is 9.80. The van der Waals surface area contributed by atoms with Crippen LogP contribution in [0.5, 0.6) is 0 Å². The van der Waals surface area contributed by atoms with E-state index in [-0.39, 0.29) is 0 Å². The molecule has 1 N–H and O–H groups in total. The van der Waals surface area contributed by atoms with E-state index in [1.54, 1.807) is 0 Å². The quantitative estimate of drug-likeness (QED) is 0.391. The summed E-state index contributed by atoms with van der Waals surface area (Å²) in [6, 6.07) is 8.95. The maximum atomic E-state index is 13.3. The minimum Gasteiger partial charge on any atom is -0.406 e. The van der Waals surface area contributed by atoms with Gasteiger partial charge in [-0.2, -0.15) is 0 Å². The summed E-state index contributed by atoms with van der Waals surface area (Å²) in [5.41, 5.74) is 0.298. The van der Waals surface area contributed by atoms with Gasteiger partial charge in [0, 0.05) is 0 Å². The summed E-state index contributed by atoms with van der Waals surface area (Å²) >= 11 is 3.43. The third-order valence-corrected chi connectivity index (χ3v) is 9.96. The Balaban J connectivity index is 3.15. The fourth-order valence-electron chi connectivity index (χ4n) is 2.95. The topological polar surface area (TPSA) is 42.4 Å². The molecule has 1 aromatic heterocycles. The summed E-state index contributed by atoms with van der Waals surface area (Å²) in [5, 5.41) is 8.83. The molecular weight excluding hydrogens is 389 g/mol. The highest BCUT2D eigenvalue weighted by atomic mass is 79.9. The number of allylic oxidation sites excluding steroid dienone is 1. The molecule has 0 saturated carbocycles. The molecule has 0 fully saturated rings. The van der Waals surface area contributed by atoms with Gasteiger partial charge in [-0.25, -0.2) is 9.37 Å². The normalized spacial score (nSPS) is 15.4. The van der Waals surface area contributed by atoms with E-state index in [4.69, 9.17) is 9.53 Å². The summed E-state index contributed by atoms with van der Waals surface area (Å²) in [7, 11) is -1.86. The zero-order valence-corrected chi connectivity index (χ0v) is 17.7. The third kappa shape index (κ3) is 5.76. The molecule has 1 atom stereocenters. The van der Waals surface area contributed by atoms with Gasteiger partial charge in [-0.1, -0.05) is 32.9 Å². The maximum Gasteiger partial charge on any atom is 0.193 e. The van der Waals surface area contributed by atoms with Gasteiger partial charge < -0.3 is 9.53 Å². The molecule has 0 amide bonds. The Labute approximate surface area is 154 Å². The average Bonchev–Trinajstić information content (AvgIpc) is 2.59. The van der Waals surface area contributed by atoms with Gasteiger partial charge in [-0.3, -0.25) is 0 Å². The first-order valence-corrected chi connectivity index (χ1v) is 12.0. The lowest BCUT2D eigenvalue weighted by molar-refractivity contribution is 0.0596. The van der Waals surface area contributed by atoms with Crippen molar-refractivity contribution in [2.45, 2.75) is 64.3 Å². The lowest BCUT2D eigenvalue weighted by Crippen LogP contribution is -2.44. The van der Waals surface area contributed by atoms with E-state index in [1.807, 2.05) is 18.2 Å². The molecule has 0 aromatic carbocycles. The average molecular weight is 418 g/mol. The molecule has 1 rings (SSSR count). The van der Waals surface area contributed by atoms with E-state index in [0.29, 0.717) is 12.8 Å². The van der Waals surface area contributed by atoms with Crippen molar-refractivity contribution in [3.05, 3.63) is 40.4 Å². The molecule has 3 nitrogen and oxygen atoms in total. The zero-order chi connectivity index (χ0) is 18.2. The van der Waals surface area contributed by atoms with Crippen molar-refractivity contribution >= 4 is 24.2 Å². The van der Waals surface area contributed by atoms with Gasteiger partial charge in [-0.05, 0) is 66.0 Å². The first-order valence-electron chi connectivity index (χ1n) is 8.63. The van der Waals surface area contributed by atoms with Crippen molar-refractivity contribution in [3.8, 4) is 0 Å². The van der Waals surface area contributed by atoms with Gasteiger partial charge in [0.2, 0.25) is 0 Å². The van der Waals surface area contributed by atoms with Crippen molar-refractivity contribution in [2.24, 2.45) is 0 Å². The number of aliphatic hydroxyl groups excluding tert-OH is 1. The van der Waals surface area contributed by atoms with Crippen LogP contribution in [0.2, 0.25) is 18.1 Å². The van der Waals surface area contributed by atoms with Crippen LogP contribution in [0.4, 0.5) is 4.39 Å². The van der Waals surface area contributed by atoms with Gasteiger partial charge in [0.15, 0.2) is 8.32 Å². The minimum absolute atomic E-state index is 0.496. The van der Waals surface area contributed by atoms with Crippen molar-refractivity contribution in [1.82, 2.24) is 4.98 Å². The SMILES string of the molecule is CC[Si](CC)(CC)OC(C)(CC/C=C(/F)CO)c1cccc(Br)n1. The Morgan fingerprint density at radius 1 is 1.33 bits per heavy atom. The van der Waals surface area contributed by atoms with Gasteiger partial charge in [-0.15, -0.1) is 0 Å². The largest absolute Gasteiger partial charge is 0.406 e.